The largest absolute Gasteiger partial charge is 0.416 e. The highest BCUT2D eigenvalue weighted by molar-refractivity contribution is 5.78. The Kier molecular flexibility index (Phi) is 3.90. The minimum Gasteiger partial charge on any atom is -0.312 e. The third-order valence-corrected chi connectivity index (χ3v) is 3.98. The monoisotopic (exact) mass is 311 g/mol. The van der Waals surface area contributed by atoms with Crippen molar-refractivity contribution in [3.05, 3.63) is 40.4 Å². The fraction of sp³-hybridized carbons (Fsp3) is 0.467. The van der Waals surface area contributed by atoms with E-state index in [-0.39, 0.29) is 22.5 Å². The number of nitrogens with one attached hydrogen (secondary N) is 1. The average molecular weight is 311 g/mol. The maximum absolute atomic E-state index is 12.7. The molecule has 0 radical (unpaired) electrons. The van der Waals surface area contributed by atoms with Gasteiger partial charge in [-0.05, 0) is 37.6 Å². The van der Waals surface area contributed by atoms with Crippen LogP contribution in [0.5, 0.6) is 0 Å². The zero-order chi connectivity index (χ0) is 15.7. The van der Waals surface area contributed by atoms with Crippen molar-refractivity contribution in [2.45, 2.75) is 38.0 Å². The molecule has 1 aliphatic rings. The molecule has 22 heavy (non-hydrogen) atoms. The van der Waals surface area contributed by atoms with Gasteiger partial charge in [0.1, 0.15) is 0 Å². The Morgan fingerprint density at radius 2 is 2.14 bits per heavy atom. The Labute approximate surface area is 125 Å². The fourth-order valence-corrected chi connectivity index (χ4v) is 2.78. The van der Waals surface area contributed by atoms with E-state index in [9.17, 15) is 18.0 Å². The molecule has 118 valence electrons. The molecule has 0 aliphatic carbocycles. The van der Waals surface area contributed by atoms with Crippen LogP contribution in [-0.4, -0.2) is 22.1 Å². The molecule has 1 N–H and O–H groups in total. The maximum Gasteiger partial charge on any atom is 0.416 e. The van der Waals surface area contributed by atoms with E-state index in [4.69, 9.17) is 0 Å². The standard InChI is InChI=1S/C15H16F3N3O/c16-15(17,18)10-4-5-12-13(7-10)20-9-21(14(12)22)8-11-3-1-2-6-19-11/h4-5,7,9,11,19H,1-3,6,8H2. The summed E-state index contributed by atoms with van der Waals surface area (Å²) >= 11 is 0. The van der Waals surface area contributed by atoms with Crippen molar-refractivity contribution in [1.82, 2.24) is 14.9 Å². The van der Waals surface area contributed by atoms with Gasteiger partial charge in [0.15, 0.2) is 0 Å². The number of nitrogens with zero attached hydrogens (tertiary/aromatic N) is 2. The predicted octanol–water partition coefficient (Wildman–Crippen LogP) is 2.56. The maximum atomic E-state index is 12.7. The summed E-state index contributed by atoms with van der Waals surface area (Å²) in [7, 11) is 0. The number of fused-ring (bicyclic) bond motifs is 1. The lowest BCUT2D eigenvalue weighted by Crippen LogP contribution is -2.39. The van der Waals surface area contributed by atoms with Crippen molar-refractivity contribution in [3.63, 3.8) is 0 Å². The second kappa shape index (κ2) is 5.72. The van der Waals surface area contributed by atoms with Crippen LogP contribution in [0.15, 0.2) is 29.3 Å². The van der Waals surface area contributed by atoms with Gasteiger partial charge in [-0.3, -0.25) is 9.36 Å². The van der Waals surface area contributed by atoms with Crippen LogP contribution in [0, 0.1) is 0 Å². The van der Waals surface area contributed by atoms with E-state index in [1.54, 1.807) is 0 Å². The van der Waals surface area contributed by atoms with Crippen molar-refractivity contribution < 1.29 is 13.2 Å². The smallest absolute Gasteiger partial charge is 0.312 e. The molecule has 1 aromatic heterocycles. The van der Waals surface area contributed by atoms with Gasteiger partial charge in [0.25, 0.3) is 5.56 Å². The van der Waals surface area contributed by atoms with Crippen molar-refractivity contribution >= 4 is 10.9 Å². The summed E-state index contributed by atoms with van der Waals surface area (Å²) in [5.74, 6) is 0. The molecule has 1 unspecified atom stereocenters. The van der Waals surface area contributed by atoms with E-state index in [0.717, 1.165) is 37.9 Å². The van der Waals surface area contributed by atoms with Crippen LogP contribution in [0.1, 0.15) is 24.8 Å². The van der Waals surface area contributed by atoms with Gasteiger partial charge in [-0.25, -0.2) is 4.98 Å². The number of hydrogen-bond acceptors (Lipinski definition) is 3. The molecule has 1 fully saturated rings. The molecule has 3 rings (SSSR count). The zero-order valence-electron chi connectivity index (χ0n) is 11.9. The lowest BCUT2D eigenvalue weighted by Gasteiger charge is -2.24. The van der Waals surface area contributed by atoms with Crippen LogP contribution in [-0.2, 0) is 12.7 Å². The quantitative estimate of drug-likeness (QED) is 0.927. The number of benzene rings is 1. The van der Waals surface area contributed by atoms with Crippen molar-refractivity contribution in [2.24, 2.45) is 0 Å². The number of rotatable bonds is 2. The molecule has 0 bridgehead atoms. The van der Waals surface area contributed by atoms with Gasteiger partial charge in [0, 0.05) is 12.6 Å². The molecule has 1 saturated heterocycles. The van der Waals surface area contributed by atoms with Crippen LogP contribution < -0.4 is 10.9 Å². The van der Waals surface area contributed by atoms with E-state index in [2.05, 4.69) is 10.3 Å². The van der Waals surface area contributed by atoms with Gasteiger partial charge >= 0.3 is 6.18 Å². The zero-order valence-corrected chi connectivity index (χ0v) is 11.9. The summed E-state index contributed by atoms with van der Waals surface area (Å²) in [4.78, 5) is 16.4. The molecular weight excluding hydrogens is 295 g/mol. The first kappa shape index (κ1) is 15.0. The minimum absolute atomic E-state index is 0.0766. The Balaban J connectivity index is 1.94. The van der Waals surface area contributed by atoms with Crippen molar-refractivity contribution in [2.75, 3.05) is 6.54 Å². The molecule has 0 saturated carbocycles. The summed E-state index contributed by atoms with van der Waals surface area (Å²) in [5, 5.41) is 3.55. The first-order valence-corrected chi connectivity index (χ1v) is 7.25. The first-order valence-electron chi connectivity index (χ1n) is 7.25. The molecule has 2 heterocycles. The number of alkyl halides is 3. The predicted molar refractivity (Wildman–Crippen MR) is 76.6 cm³/mol. The van der Waals surface area contributed by atoms with E-state index in [1.807, 2.05) is 0 Å². The number of hydrogen-bond donors (Lipinski definition) is 1. The molecule has 0 spiro atoms. The molecule has 2 aromatic rings. The van der Waals surface area contributed by atoms with Gasteiger partial charge in [-0.15, -0.1) is 0 Å². The van der Waals surface area contributed by atoms with Crippen LogP contribution in [0.25, 0.3) is 10.9 Å². The van der Waals surface area contributed by atoms with E-state index in [1.165, 1.54) is 17.0 Å². The van der Waals surface area contributed by atoms with Crippen LogP contribution in [0.4, 0.5) is 13.2 Å². The summed E-state index contributed by atoms with van der Waals surface area (Å²) < 4.78 is 39.5. The summed E-state index contributed by atoms with van der Waals surface area (Å²) in [5.41, 5.74) is -1.02. The first-order chi connectivity index (χ1) is 10.4. The van der Waals surface area contributed by atoms with Gasteiger partial charge < -0.3 is 5.32 Å². The molecule has 7 heteroatoms. The molecular formula is C15H16F3N3O. The van der Waals surface area contributed by atoms with Gasteiger partial charge in [0.05, 0.1) is 22.8 Å². The normalized spacial score (nSPS) is 19.5. The second-order valence-electron chi connectivity index (χ2n) is 5.58. The Morgan fingerprint density at radius 1 is 1.32 bits per heavy atom. The number of aromatic nitrogens is 2. The molecule has 4 nitrogen and oxygen atoms in total. The minimum atomic E-state index is -4.43. The highest BCUT2D eigenvalue weighted by Crippen LogP contribution is 2.30. The highest BCUT2D eigenvalue weighted by Gasteiger charge is 2.30. The third-order valence-electron chi connectivity index (χ3n) is 3.98. The van der Waals surface area contributed by atoms with Crippen molar-refractivity contribution in [3.8, 4) is 0 Å². The van der Waals surface area contributed by atoms with E-state index >= 15 is 0 Å². The molecule has 0 amide bonds. The Hall–Kier alpha value is -1.89. The lowest BCUT2D eigenvalue weighted by molar-refractivity contribution is -0.137. The van der Waals surface area contributed by atoms with Gasteiger partial charge in [-0.2, -0.15) is 13.2 Å². The summed E-state index contributed by atoms with van der Waals surface area (Å²) in [6.45, 7) is 1.41. The number of halogens is 3. The van der Waals surface area contributed by atoms with Crippen LogP contribution >= 0.6 is 0 Å². The van der Waals surface area contributed by atoms with Crippen molar-refractivity contribution in [1.29, 1.82) is 0 Å². The molecule has 1 aliphatic heterocycles. The van der Waals surface area contributed by atoms with E-state index in [0.29, 0.717) is 6.54 Å². The Morgan fingerprint density at radius 3 is 2.82 bits per heavy atom. The topological polar surface area (TPSA) is 46.9 Å². The SMILES string of the molecule is O=c1c2ccc(C(F)(F)F)cc2ncn1CC1CCCCN1. The average Bonchev–Trinajstić information content (AvgIpc) is 2.50. The molecule has 1 atom stereocenters. The summed E-state index contributed by atoms with van der Waals surface area (Å²) in [6.07, 6.45) is 0.124. The summed E-state index contributed by atoms with van der Waals surface area (Å²) in [6, 6.07) is 3.26. The van der Waals surface area contributed by atoms with Crippen LogP contribution in [0.3, 0.4) is 0 Å². The fourth-order valence-electron chi connectivity index (χ4n) is 2.78. The lowest BCUT2D eigenvalue weighted by atomic mass is 10.1. The van der Waals surface area contributed by atoms with E-state index < -0.39 is 11.7 Å². The highest BCUT2D eigenvalue weighted by atomic mass is 19.4. The number of piperidine rings is 1. The van der Waals surface area contributed by atoms with Gasteiger partial charge in [0.2, 0.25) is 0 Å². The molecule has 1 aromatic carbocycles. The third kappa shape index (κ3) is 2.99. The second-order valence-corrected chi connectivity index (χ2v) is 5.58. The Bertz CT molecular complexity index is 733. The van der Waals surface area contributed by atoms with Gasteiger partial charge in [-0.1, -0.05) is 6.42 Å². The van der Waals surface area contributed by atoms with Crippen LogP contribution in [0.2, 0.25) is 0 Å².